The van der Waals surface area contributed by atoms with Gasteiger partial charge in [-0.15, -0.1) is 0 Å². The number of piperidine rings is 1. The fourth-order valence-corrected chi connectivity index (χ4v) is 4.26. The van der Waals surface area contributed by atoms with Crippen LogP contribution in [-0.2, 0) is 13.6 Å². The van der Waals surface area contributed by atoms with E-state index >= 15 is 0 Å². The molecule has 1 heterocycles. The average molecular weight is 366 g/mol. The van der Waals surface area contributed by atoms with Crippen LogP contribution in [0.4, 0.5) is 0 Å². The van der Waals surface area contributed by atoms with Crippen molar-refractivity contribution in [2.45, 2.75) is 33.1 Å². The number of rotatable bonds is 8. The van der Waals surface area contributed by atoms with E-state index in [1.165, 1.54) is 6.42 Å². The van der Waals surface area contributed by atoms with Crippen LogP contribution in [0.2, 0.25) is 0 Å². The van der Waals surface area contributed by atoms with Crippen LogP contribution in [0, 0.1) is 0 Å². The van der Waals surface area contributed by atoms with Crippen molar-refractivity contribution >= 4 is 13.5 Å². The smallest absolute Gasteiger partial charge is 0.375 e. The predicted octanol–water partition coefficient (Wildman–Crippen LogP) is 3.97. The molecule has 1 aliphatic heterocycles. The zero-order valence-corrected chi connectivity index (χ0v) is 15.8. The molecule has 1 saturated heterocycles. The molecule has 0 aliphatic carbocycles. The van der Waals surface area contributed by atoms with E-state index in [2.05, 4.69) is 10.2 Å². The summed E-state index contributed by atoms with van der Waals surface area (Å²) in [5.74, 6) is -0.330. The Hall–Kier alpha value is -1.62. The Labute approximate surface area is 149 Å². The van der Waals surface area contributed by atoms with Gasteiger partial charge in [0.1, 0.15) is 5.44 Å². The second-order valence-corrected chi connectivity index (χ2v) is 7.76. The molecule has 0 spiro atoms. The molecule has 6 nitrogen and oxygen atoms in total. The van der Waals surface area contributed by atoms with Crippen LogP contribution in [0.15, 0.2) is 42.0 Å². The number of hydrogen-bond donors (Lipinski definition) is 1. The highest BCUT2D eigenvalue weighted by Crippen LogP contribution is 2.54. The van der Waals surface area contributed by atoms with Gasteiger partial charge < -0.3 is 19.3 Å². The summed E-state index contributed by atoms with van der Waals surface area (Å²) in [4.78, 5) is 14.6. The van der Waals surface area contributed by atoms with Crippen molar-refractivity contribution in [2.24, 2.45) is 0 Å². The Kier molecular flexibility index (Phi) is 7.69. The molecule has 1 N–H and O–H groups in total. The molecule has 1 aromatic carbocycles. The van der Waals surface area contributed by atoms with Crippen LogP contribution in [-0.4, -0.2) is 37.1 Å². The lowest BCUT2D eigenvalue weighted by Gasteiger charge is -2.28. The van der Waals surface area contributed by atoms with E-state index in [0.29, 0.717) is 5.56 Å². The Morgan fingerprint density at radius 1 is 1.12 bits per heavy atom. The van der Waals surface area contributed by atoms with Gasteiger partial charge in [0, 0.05) is 24.9 Å². The van der Waals surface area contributed by atoms with Crippen LogP contribution < -0.4 is 5.32 Å². The molecule has 0 aromatic heterocycles. The second kappa shape index (κ2) is 9.76. The third kappa shape index (κ3) is 5.70. The molecule has 0 bridgehead atoms. The van der Waals surface area contributed by atoms with Gasteiger partial charge >= 0.3 is 7.60 Å². The summed E-state index contributed by atoms with van der Waals surface area (Å²) in [6.07, 6.45) is 5.06. The van der Waals surface area contributed by atoms with Crippen molar-refractivity contribution in [3.05, 3.63) is 47.5 Å². The van der Waals surface area contributed by atoms with Crippen LogP contribution in [0.3, 0.4) is 0 Å². The van der Waals surface area contributed by atoms with E-state index in [1.54, 1.807) is 44.3 Å². The maximum atomic E-state index is 13.2. The van der Waals surface area contributed by atoms with E-state index in [4.69, 9.17) is 9.05 Å². The van der Waals surface area contributed by atoms with Gasteiger partial charge in [-0.05, 0) is 45.2 Å². The first-order chi connectivity index (χ1) is 12.1. The lowest BCUT2D eigenvalue weighted by atomic mass is 10.1. The van der Waals surface area contributed by atoms with Crippen molar-refractivity contribution in [2.75, 3.05) is 26.3 Å². The number of nitrogens with one attached hydrogen (secondary N) is 1. The van der Waals surface area contributed by atoms with E-state index in [1.807, 2.05) is 6.07 Å². The molecule has 25 heavy (non-hydrogen) atoms. The van der Waals surface area contributed by atoms with Crippen molar-refractivity contribution < 1.29 is 18.4 Å². The van der Waals surface area contributed by atoms with Crippen LogP contribution in [0.5, 0.6) is 0 Å². The van der Waals surface area contributed by atoms with Gasteiger partial charge in [-0.2, -0.15) is 0 Å². The van der Waals surface area contributed by atoms with E-state index < -0.39 is 7.60 Å². The number of nitrogens with zero attached hydrogens (tertiary/aromatic N) is 1. The molecule has 0 radical (unpaired) electrons. The van der Waals surface area contributed by atoms with Crippen molar-refractivity contribution in [1.29, 1.82) is 0 Å². The van der Waals surface area contributed by atoms with Gasteiger partial charge in [0.05, 0.1) is 13.2 Å². The SMILES string of the molecule is CCOP(=O)(OCC)/C(=C\N1CCCCC1)NC(=O)c1ccccc1. The quantitative estimate of drug-likeness (QED) is 0.705. The zero-order valence-electron chi connectivity index (χ0n) is 14.9. The molecule has 1 amide bonds. The Morgan fingerprint density at radius 2 is 1.72 bits per heavy atom. The number of hydrogen-bond acceptors (Lipinski definition) is 5. The van der Waals surface area contributed by atoms with Crippen molar-refractivity contribution in [3.8, 4) is 0 Å². The van der Waals surface area contributed by atoms with Gasteiger partial charge in [0.15, 0.2) is 0 Å². The van der Waals surface area contributed by atoms with Crippen LogP contribution in [0.1, 0.15) is 43.5 Å². The first kappa shape index (κ1) is 19.7. The summed E-state index contributed by atoms with van der Waals surface area (Å²) in [7, 11) is -3.58. The number of carbonyl (C=O) groups excluding carboxylic acids is 1. The van der Waals surface area contributed by atoms with Gasteiger partial charge in [-0.25, -0.2) is 0 Å². The molecule has 2 rings (SSSR count). The molecule has 1 aliphatic rings. The molecule has 0 atom stereocenters. The summed E-state index contributed by atoms with van der Waals surface area (Å²) in [6.45, 7) is 5.70. The molecular formula is C18H27N2O4P. The molecule has 7 heteroatoms. The molecule has 1 fully saturated rings. The van der Waals surface area contributed by atoms with E-state index in [0.717, 1.165) is 25.9 Å². The third-order valence-corrected chi connectivity index (χ3v) is 5.88. The summed E-state index contributed by atoms with van der Waals surface area (Å²) in [6, 6.07) is 8.83. The highest BCUT2D eigenvalue weighted by Gasteiger charge is 2.32. The summed E-state index contributed by atoms with van der Waals surface area (Å²) in [5.41, 5.74) is 0.693. The minimum Gasteiger partial charge on any atom is -0.375 e. The third-order valence-electron chi connectivity index (χ3n) is 3.87. The molecule has 1 aromatic rings. The van der Waals surface area contributed by atoms with Crippen LogP contribution in [0.25, 0.3) is 0 Å². The average Bonchev–Trinajstić information content (AvgIpc) is 2.63. The van der Waals surface area contributed by atoms with Gasteiger partial charge in [0.25, 0.3) is 5.91 Å². The monoisotopic (exact) mass is 366 g/mol. The van der Waals surface area contributed by atoms with Gasteiger partial charge in [-0.3, -0.25) is 9.36 Å². The minimum absolute atomic E-state index is 0.201. The number of amides is 1. The first-order valence-electron chi connectivity index (χ1n) is 8.81. The molecule has 0 saturated carbocycles. The Morgan fingerprint density at radius 3 is 2.28 bits per heavy atom. The number of benzene rings is 1. The van der Waals surface area contributed by atoms with E-state index in [9.17, 15) is 9.36 Å². The predicted molar refractivity (Wildman–Crippen MR) is 98.3 cm³/mol. The van der Waals surface area contributed by atoms with Crippen LogP contribution >= 0.6 is 7.60 Å². The second-order valence-electron chi connectivity index (χ2n) is 5.76. The Bertz CT molecular complexity index is 617. The summed E-state index contributed by atoms with van der Waals surface area (Å²) in [5, 5.41) is 2.76. The summed E-state index contributed by atoms with van der Waals surface area (Å²) < 4.78 is 24.1. The van der Waals surface area contributed by atoms with Gasteiger partial charge in [-0.1, -0.05) is 18.2 Å². The topological polar surface area (TPSA) is 67.9 Å². The van der Waals surface area contributed by atoms with Gasteiger partial charge in [0.2, 0.25) is 0 Å². The van der Waals surface area contributed by atoms with Crippen molar-refractivity contribution in [1.82, 2.24) is 10.2 Å². The van der Waals surface area contributed by atoms with Crippen molar-refractivity contribution in [3.63, 3.8) is 0 Å². The maximum absolute atomic E-state index is 13.2. The standard InChI is InChI=1S/C18H27N2O4P/c1-3-23-25(22,24-4-2)17(15-20-13-9-6-10-14-20)19-18(21)16-11-7-5-8-12-16/h5,7-8,11-12,15H,3-4,6,9-10,13-14H2,1-2H3,(H,19,21)/b17-15-. The fourth-order valence-electron chi connectivity index (χ4n) is 2.69. The minimum atomic E-state index is -3.58. The lowest BCUT2D eigenvalue weighted by molar-refractivity contribution is 0.0963. The maximum Gasteiger partial charge on any atom is 0.378 e. The largest absolute Gasteiger partial charge is 0.378 e. The molecular weight excluding hydrogens is 339 g/mol. The first-order valence-corrected chi connectivity index (χ1v) is 10.3. The molecule has 138 valence electrons. The highest BCUT2D eigenvalue weighted by atomic mass is 31.2. The number of likely N-dealkylation sites (tertiary alicyclic amines) is 1. The lowest BCUT2D eigenvalue weighted by Crippen LogP contribution is -2.29. The zero-order chi connectivity index (χ0) is 18.1. The fraction of sp³-hybridized carbons (Fsp3) is 0.500. The molecule has 0 unspecified atom stereocenters. The van der Waals surface area contributed by atoms with E-state index in [-0.39, 0.29) is 24.6 Å². The summed E-state index contributed by atoms with van der Waals surface area (Å²) >= 11 is 0. The highest BCUT2D eigenvalue weighted by molar-refractivity contribution is 7.58. The normalized spacial score (nSPS) is 15.9. The number of carbonyl (C=O) groups is 1. The Balaban J connectivity index is 2.28.